The van der Waals surface area contributed by atoms with Gasteiger partial charge in [0.05, 0.1) is 17.6 Å². The molecule has 0 unspecified atom stereocenters. The zero-order valence-electron chi connectivity index (χ0n) is 8.94. The van der Waals surface area contributed by atoms with Gasteiger partial charge in [0.25, 0.3) is 0 Å². The van der Waals surface area contributed by atoms with E-state index in [9.17, 15) is 9.59 Å². The van der Waals surface area contributed by atoms with Gasteiger partial charge in [-0.3, -0.25) is 4.79 Å². The number of carbonyl (C=O) groups is 2. The zero-order chi connectivity index (χ0) is 11.7. The number of thiophene rings is 1. The standard InChI is InChI=1S/C12H10O3S/c1-7(13)11-6-9-5-8(12(14)15-2)3-4-10(9)16-11/h3-6H,1-2H3. The predicted molar refractivity (Wildman–Crippen MR) is 63.2 cm³/mol. The molecule has 2 aromatic rings. The van der Waals surface area contributed by atoms with Crippen molar-refractivity contribution in [3.63, 3.8) is 0 Å². The Bertz CT molecular complexity index is 569. The number of methoxy groups -OCH3 is 1. The van der Waals surface area contributed by atoms with Gasteiger partial charge < -0.3 is 4.74 Å². The Hall–Kier alpha value is -1.68. The van der Waals surface area contributed by atoms with Crippen molar-refractivity contribution in [1.82, 2.24) is 0 Å². The van der Waals surface area contributed by atoms with Gasteiger partial charge in [-0.1, -0.05) is 0 Å². The highest BCUT2D eigenvalue weighted by Gasteiger charge is 2.09. The average molecular weight is 234 g/mol. The van der Waals surface area contributed by atoms with Gasteiger partial charge >= 0.3 is 5.97 Å². The second kappa shape index (κ2) is 4.06. The molecule has 0 spiro atoms. The lowest BCUT2D eigenvalue weighted by Crippen LogP contribution is -1.99. The molecule has 2 rings (SSSR count). The average Bonchev–Trinajstić information content (AvgIpc) is 2.70. The molecule has 0 fully saturated rings. The predicted octanol–water partition coefficient (Wildman–Crippen LogP) is 2.89. The molecule has 82 valence electrons. The van der Waals surface area contributed by atoms with Crippen molar-refractivity contribution < 1.29 is 14.3 Å². The molecule has 1 heterocycles. The fourth-order valence-corrected chi connectivity index (χ4v) is 2.40. The smallest absolute Gasteiger partial charge is 0.337 e. The van der Waals surface area contributed by atoms with Gasteiger partial charge in [0.2, 0.25) is 0 Å². The summed E-state index contributed by atoms with van der Waals surface area (Å²) in [6, 6.07) is 7.08. The minimum atomic E-state index is -0.363. The van der Waals surface area contributed by atoms with Gasteiger partial charge in [0.1, 0.15) is 0 Å². The van der Waals surface area contributed by atoms with Gasteiger partial charge in [0, 0.05) is 4.70 Å². The summed E-state index contributed by atoms with van der Waals surface area (Å²) in [6.07, 6.45) is 0. The molecular formula is C12H10O3S. The number of carbonyl (C=O) groups excluding carboxylic acids is 2. The van der Waals surface area contributed by atoms with Crippen molar-refractivity contribution in [3.05, 3.63) is 34.7 Å². The van der Waals surface area contributed by atoms with Crippen LogP contribution >= 0.6 is 11.3 Å². The van der Waals surface area contributed by atoms with E-state index in [1.54, 1.807) is 18.2 Å². The van der Waals surface area contributed by atoms with Crippen molar-refractivity contribution in [2.75, 3.05) is 7.11 Å². The number of esters is 1. The van der Waals surface area contributed by atoms with Crippen LogP contribution in [0.5, 0.6) is 0 Å². The van der Waals surface area contributed by atoms with Crippen molar-refractivity contribution in [1.29, 1.82) is 0 Å². The monoisotopic (exact) mass is 234 g/mol. The van der Waals surface area contributed by atoms with E-state index >= 15 is 0 Å². The van der Waals surface area contributed by atoms with E-state index in [-0.39, 0.29) is 11.8 Å². The van der Waals surface area contributed by atoms with Crippen LogP contribution in [-0.4, -0.2) is 18.9 Å². The molecule has 0 bridgehead atoms. The van der Waals surface area contributed by atoms with E-state index in [1.165, 1.54) is 25.4 Å². The first-order chi connectivity index (χ1) is 7.61. The Labute approximate surface area is 96.6 Å². The number of ketones is 1. The van der Waals surface area contributed by atoms with Crippen molar-refractivity contribution in [3.8, 4) is 0 Å². The second-order valence-electron chi connectivity index (χ2n) is 3.41. The van der Waals surface area contributed by atoms with Gasteiger partial charge in [-0.2, -0.15) is 0 Å². The first-order valence-electron chi connectivity index (χ1n) is 4.74. The van der Waals surface area contributed by atoms with E-state index in [4.69, 9.17) is 0 Å². The zero-order valence-corrected chi connectivity index (χ0v) is 9.76. The Morgan fingerprint density at radius 3 is 2.62 bits per heavy atom. The molecule has 0 N–H and O–H groups in total. The molecule has 0 saturated heterocycles. The molecule has 0 radical (unpaired) electrons. The van der Waals surface area contributed by atoms with Crippen molar-refractivity contribution in [2.24, 2.45) is 0 Å². The largest absolute Gasteiger partial charge is 0.465 e. The van der Waals surface area contributed by atoms with Crippen LogP contribution in [0.2, 0.25) is 0 Å². The van der Waals surface area contributed by atoms with Gasteiger partial charge in [-0.05, 0) is 36.6 Å². The van der Waals surface area contributed by atoms with Crippen LogP contribution in [0.25, 0.3) is 10.1 Å². The summed E-state index contributed by atoms with van der Waals surface area (Å²) < 4.78 is 5.63. The van der Waals surface area contributed by atoms with Gasteiger partial charge in [-0.25, -0.2) is 4.79 Å². The lowest BCUT2D eigenvalue weighted by Gasteiger charge is -1.97. The number of hydrogen-bond donors (Lipinski definition) is 0. The summed E-state index contributed by atoms with van der Waals surface area (Å²) in [4.78, 5) is 23.2. The summed E-state index contributed by atoms with van der Waals surface area (Å²) in [5.74, 6) is -0.321. The highest BCUT2D eigenvalue weighted by Crippen LogP contribution is 2.27. The van der Waals surface area contributed by atoms with Crippen LogP contribution in [-0.2, 0) is 4.74 Å². The fourth-order valence-electron chi connectivity index (χ4n) is 1.46. The van der Waals surface area contributed by atoms with E-state index in [1.807, 2.05) is 6.07 Å². The van der Waals surface area contributed by atoms with E-state index in [0.29, 0.717) is 10.4 Å². The number of rotatable bonds is 2. The van der Waals surface area contributed by atoms with Crippen molar-refractivity contribution >= 4 is 33.2 Å². The molecule has 1 aromatic carbocycles. The summed E-state index contributed by atoms with van der Waals surface area (Å²) in [5, 5.41) is 0.901. The highest BCUT2D eigenvalue weighted by atomic mass is 32.1. The molecule has 0 atom stereocenters. The third-order valence-corrected chi connectivity index (χ3v) is 3.50. The van der Waals surface area contributed by atoms with Crippen LogP contribution in [0.15, 0.2) is 24.3 Å². The SMILES string of the molecule is COC(=O)c1ccc2sc(C(C)=O)cc2c1. The normalized spacial score (nSPS) is 10.4. The summed E-state index contributed by atoms with van der Waals surface area (Å²) in [5.41, 5.74) is 0.503. The van der Waals surface area contributed by atoms with Crippen LogP contribution in [0.1, 0.15) is 27.0 Å². The molecule has 16 heavy (non-hydrogen) atoms. The maximum absolute atomic E-state index is 11.3. The number of benzene rings is 1. The molecule has 1 aromatic heterocycles. The second-order valence-corrected chi connectivity index (χ2v) is 4.49. The Balaban J connectivity index is 2.53. The van der Waals surface area contributed by atoms with Crippen LogP contribution in [0, 0.1) is 0 Å². The number of Topliss-reactive ketones (excluding diaryl/α,β-unsaturated/α-hetero) is 1. The van der Waals surface area contributed by atoms with E-state index in [2.05, 4.69) is 4.74 Å². The molecule has 4 heteroatoms. The lowest BCUT2D eigenvalue weighted by molar-refractivity contribution is 0.0601. The highest BCUT2D eigenvalue weighted by molar-refractivity contribution is 7.20. The molecule has 0 aliphatic heterocycles. The topological polar surface area (TPSA) is 43.4 Å². The van der Waals surface area contributed by atoms with Crippen LogP contribution in [0.3, 0.4) is 0 Å². The summed E-state index contributed by atoms with van der Waals surface area (Å²) in [7, 11) is 1.35. The molecule has 0 aliphatic rings. The Kier molecular flexibility index (Phi) is 2.75. The number of hydrogen-bond acceptors (Lipinski definition) is 4. The third kappa shape index (κ3) is 1.84. The Morgan fingerprint density at radius 2 is 2.00 bits per heavy atom. The first kappa shape index (κ1) is 10.8. The maximum atomic E-state index is 11.3. The Morgan fingerprint density at radius 1 is 1.25 bits per heavy atom. The van der Waals surface area contributed by atoms with Gasteiger partial charge in [-0.15, -0.1) is 11.3 Å². The van der Waals surface area contributed by atoms with E-state index in [0.717, 1.165) is 10.1 Å². The number of fused-ring (bicyclic) bond motifs is 1. The minimum Gasteiger partial charge on any atom is -0.465 e. The van der Waals surface area contributed by atoms with Crippen LogP contribution in [0.4, 0.5) is 0 Å². The van der Waals surface area contributed by atoms with Gasteiger partial charge in [0.15, 0.2) is 5.78 Å². The lowest BCUT2D eigenvalue weighted by atomic mass is 10.1. The molecule has 3 nitrogen and oxygen atoms in total. The van der Waals surface area contributed by atoms with Crippen molar-refractivity contribution in [2.45, 2.75) is 6.92 Å². The molecule has 0 amide bonds. The first-order valence-corrected chi connectivity index (χ1v) is 5.56. The third-order valence-electron chi connectivity index (χ3n) is 2.28. The molecular weight excluding hydrogens is 224 g/mol. The fraction of sp³-hybridized carbons (Fsp3) is 0.167. The van der Waals surface area contributed by atoms with Crippen LogP contribution < -0.4 is 0 Å². The maximum Gasteiger partial charge on any atom is 0.337 e. The minimum absolute atomic E-state index is 0.0424. The summed E-state index contributed by atoms with van der Waals surface area (Å²) >= 11 is 1.43. The number of ether oxygens (including phenoxy) is 1. The quantitative estimate of drug-likeness (QED) is 0.592. The molecule has 0 saturated carbocycles. The summed E-state index contributed by atoms with van der Waals surface area (Å²) in [6.45, 7) is 1.53. The van der Waals surface area contributed by atoms with E-state index < -0.39 is 0 Å². The molecule has 0 aliphatic carbocycles.